The van der Waals surface area contributed by atoms with E-state index in [1.807, 2.05) is 10.9 Å². The molecule has 3 N–H and O–H groups in total. The van der Waals surface area contributed by atoms with E-state index in [1.54, 1.807) is 31.4 Å². The van der Waals surface area contributed by atoms with Crippen molar-refractivity contribution in [1.29, 1.82) is 0 Å². The number of aromatic nitrogens is 2. The minimum Gasteiger partial charge on any atom is -0.497 e. The molecule has 1 aliphatic heterocycles. The van der Waals surface area contributed by atoms with Gasteiger partial charge in [0.15, 0.2) is 5.69 Å². The Balaban J connectivity index is 1.77. The van der Waals surface area contributed by atoms with Crippen LogP contribution in [0, 0.1) is 0 Å². The third-order valence-electron chi connectivity index (χ3n) is 4.27. The molecule has 0 spiro atoms. The number of carbonyl (C=O) groups is 2. The van der Waals surface area contributed by atoms with Gasteiger partial charge >= 0.3 is 0 Å². The van der Waals surface area contributed by atoms with Crippen LogP contribution in [0.5, 0.6) is 5.75 Å². The van der Waals surface area contributed by atoms with Crippen LogP contribution in [0.15, 0.2) is 30.5 Å². The fourth-order valence-electron chi connectivity index (χ4n) is 2.96. The average Bonchev–Trinajstić information content (AvgIpc) is 3.14. The molecule has 0 radical (unpaired) electrons. The Kier molecular flexibility index (Phi) is 5.52. The lowest BCUT2D eigenvalue weighted by Gasteiger charge is -2.22. The minimum atomic E-state index is -0.340. The molecule has 0 saturated carbocycles. The van der Waals surface area contributed by atoms with E-state index >= 15 is 0 Å². The number of amides is 2. The van der Waals surface area contributed by atoms with Crippen LogP contribution in [0.2, 0.25) is 0 Å². The lowest BCUT2D eigenvalue weighted by atomic mass is 10.1. The molecule has 2 heterocycles. The molecule has 1 saturated heterocycles. The van der Waals surface area contributed by atoms with Crippen LogP contribution in [-0.2, 0) is 4.79 Å². The molecule has 26 heavy (non-hydrogen) atoms. The smallest absolute Gasteiger partial charge is 0.276 e. The van der Waals surface area contributed by atoms with E-state index in [2.05, 4.69) is 21.0 Å². The van der Waals surface area contributed by atoms with Gasteiger partial charge in [-0.1, -0.05) is 0 Å². The van der Waals surface area contributed by atoms with Crippen LogP contribution in [-0.4, -0.2) is 41.8 Å². The molecule has 0 bridgehead atoms. The second-order valence-corrected chi connectivity index (χ2v) is 6.23. The van der Waals surface area contributed by atoms with Crippen molar-refractivity contribution >= 4 is 23.2 Å². The second-order valence-electron chi connectivity index (χ2n) is 6.23. The van der Waals surface area contributed by atoms with Crippen molar-refractivity contribution in [1.82, 2.24) is 15.1 Å². The van der Waals surface area contributed by atoms with Gasteiger partial charge in [-0.15, -0.1) is 0 Å². The molecule has 1 aromatic carbocycles. The highest BCUT2D eigenvalue weighted by molar-refractivity contribution is 6.06. The number of nitrogens with one attached hydrogen (secondary N) is 3. The van der Waals surface area contributed by atoms with Gasteiger partial charge in [0.05, 0.1) is 24.5 Å². The molecule has 1 unspecified atom stereocenters. The summed E-state index contributed by atoms with van der Waals surface area (Å²) in [5.41, 5.74) is 1.29. The highest BCUT2D eigenvalue weighted by Crippen LogP contribution is 2.27. The summed E-state index contributed by atoms with van der Waals surface area (Å²) in [5.74, 6) is 0.0142. The second kappa shape index (κ2) is 8.01. The lowest BCUT2D eigenvalue weighted by Crippen LogP contribution is -2.32. The number of rotatable bonds is 5. The van der Waals surface area contributed by atoms with Crippen molar-refractivity contribution in [3.05, 3.63) is 36.2 Å². The highest BCUT2D eigenvalue weighted by Gasteiger charge is 2.18. The summed E-state index contributed by atoms with van der Waals surface area (Å²) in [5, 5.41) is 13.2. The SMILES string of the molecule is COc1ccc(NC(C)=O)c(NC(=O)c2ccn(C3CCCNC3)n2)c1. The molecular weight excluding hydrogens is 334 g/mol. The van der Waals surface area contributed by atoms with Crippen LogP contribution in [0.1, 0.15) is 36.3 Å². The summed E-state index contributed by atoms with van der Waals surface area (Å²) >= 11 is 0. The molecule has 3 rings (SSSR count). The Hall–Kier alpha value is -2.87. The molecule has 8 heteroatoms. The van der Waals surface area contributed by atoms with Crippen LogP contribution in [0.4, 0.5) is 11.4 Å². The Morgan fingerprint density at radius 2 is 2.12 bits per heavy atom. The van der Waals surface area contributed by atoms with Crippen molar-refractivity contribution in [3.8, 4) is 5.75 Å². The molecule has 8 nitrogen and oxygen atoms in total. The van der Waals surface area contributed by atoms with Crippen LogP contribution < -0.4 is 20.7 Å². The van der Waals surface area contributed by atoms with Crippen LogP contribution in [0.3, 0.4) is 0 Å². The fourth-order valence-corrected chi connectivity index (χ4v) is 2.96. The van der Waals surface area contributed by atoms with Crippen molar-refractivity contribution < 1.29 is 14.3 Å². The van der Waals surface area contributed by atoms with Gasteiger partial charge < -0.3 is 20.7 Å². The zero-order valence-electron chi connectivity index (χ0n) is 14.9. The van der Waals surface area contributed by atoms with Gasteiger partial charge in [0, 0.05) is 25.7 Å². The number of carbonyl (C=O) groups excluding carboxylic acids is 2. The van der Waals surface area contributed by atoms with E-state index in [9.17, 15) is 9.59 Å². The predicted molar refractivity (Wildman–Crippen MR) is 98.6 cm³/mol. The minimum absolute atomic E-state index is 0.222. The maximum atomic E-state index is 12.6. The highest BCUT2D eigenvalue weighted by atomic mass is 16.5. The van der Waals surface area contributed by atoms with E-state index in [0.717, 1.165) is 25.9 Å². The Morgan fingerprint density at radius 1 is 1.27 bits per heavy atom. The summed E-state index contributed by atoms with van der Waals surface area (Å²) in [4.78, 5) is 24.0. The van der Waals surface area contributed by atoms with E-state index in [0.29, 0.717) is 22.8 Å². The molecule has 0 aliphatic carbocycles. The number of hydrogen-bond acceptors (Lipinski definition) is 5. The number of methoxy groups -OCH3 is 1. The number of hydrogen-bond donors (Lipinski definition) is 3. The third kappa shape index (κ3) is 4.20. The van der Waals surface area contributed by atoms with E-state index in [1.165, 1.54) is 6.92 Å². The first-order valence-corrected chi connectivity index (χ1v) is 8.59. The van der Waals surface area contributed by atoms with E-state index in [4.69, 9.17) is 4.74 Å². The fraction of sp³-hybridized carbons (Fsp3) is 0.389. The largest absolute Gasteiger partial charge is 0.497 e. The molecule has 2 amide bonds. The average molecular weight is 357 g/mol. The van der Waals surface area contributed by atoms with Gasteiger partial charge in [-0.2, -0.15) is 5.10 Å². The number of ether oxygens (including phenoxy) is 1. The molecule has 1 fully saturated rings. The van der Waals surface area contributed by atoms with Crippen molar-refractivity contribution in [2.75, 3.05) is 30.8 Å². The predicted octanol–water partition coefficient (Wildman–Crippen LogP) is 2.03. The monoisotopic (exact) mass is 357 g/mol. The Labute approximate surface area is 151 Å². The van der Waals surface area contributed by atoms with E-state index < -0.39 is 0 Å². The molecule has 1 atom stereocenters. The van der Waals surface area contributed by atoms with Gasteiger partial charge in [-0.3, -0.25) is 14.3 Å². The maximum Gasteiger partial charge on any atom is 0.276 e. The van der Waals surface area contributed by atoms with Crippen molar-refractivity contribution in [3.63, 3.8) is 0 Å². The van der Waals surface area contributed by atoms with Crippen molar-refractivity contribution in [2.24, 2.45) is 0 Å². The van der Waals surface area contributed by atoms with Gasteiger partial charge in [0.2, 0.25) is 5.91 Å². The number of piperidine rings is 1. The standard InChI is InChI=1S/C18H23N5O3/c1-12(24)20-15-6-5-14(26-2)10-17(15)21-18(25)16-7-9-23(22-16)13-4-3-8-19-11-13/h5-7,9-10,13,19H,3-4,8,11H2,1-2H3,(H,20,24)(H,21,25). The van der Waals surface area contributed by atoms with Gasteiger partial charge in [-0.05, 0) is 37.6 Å². The number of benzene rings is 1. The summed E-state index contributed by atoms with van der Waals surface area (Å²) in [6.07, 6.45) is 3.96. The summed E-state index contributed by atoms with van der Waals surface area (Å²) in [6, 6.07) is 7.01. The number of nitrogens with zero attached hydrogens (tertiary/aromatic N) is 2. The molecule has 138 valence electrons. The first-order valence-electron chi connectivity index (χ1n) is 8.59. The summed E-state index contributed by atoms with van der Waals surface area (Å²) < 4.78 is 7.03. The van der Waals surface area contributed by atoms with Gasteiger partial charge in [0.1, 0.15) is 5.75 Å². The third-order valence-corrected chi connectivity index (χ3v) is 4.27. The van der Waals surface area contributed by atoms with Crippen LogP contribution >= 0.6 is 0 Å². The summed E-state index contributed by atoms with van der Waals surface area (Å²) in [7, 11) is 1.54. The normalized spacial score (nSPS) is 16.8. The lowest BCUT2D eigenvalue weighted by molar-refractivity contribution is -0.114. The van der Waals surface area contributed by atoms with Gasteiger partial charge in [-0.25, -0.2) is 0 Å². The molecular formula is C18H23N5O3. The van der Waals surface area contributed by atoms with Gasteiger partial charge in [0.25, 0.3) is 5.91 Å². The molecule has 1 aliphatic rings. The topological polar surface area (TPSA) is 97.3 Å². The Morgan fingerprint density at radius 3 is 2.81 bits per heavy atom. The maximum absolute atomic E-state index is 12.6. The van der Waals surface area contributed by atoms with Crippen molar-refractivity contribution in [2.45, 2.75) is 25.8 Å². The molecule has 2 aromatic rings. The first kappa shape index (κ1) is 17.9. The Bertz CT molecular complexity index is 796. The van der Waals surface area contributed by atoms with Crippen LogP contribution in [0.25, 0.3) is 0 Å². The first-order chi connectivity index (χ1) is 12.6. The summed E-state index contributed by atoms with van der Waals surface area (Å²) in [6.45, 7) is 3.29. The quantitative estimate of drug-likeness (QED) is 0.761. The zero-order chi connectivity index (χ0) is 18.5. The van der Waals surface area contributed by atoms with E-state index in [-0.39, 0.29) is 17.9 Å². The zero-order valence-corrected chi connectivity index (χ0v) is 14.9. The molecule has 1 aromatic heterocycles. The number of anilines is 2.